The minimum Gasteiger partial charge on any atom is -0.330 e. The Hall–Kier alpha value is -0.240. The molecule has 0 aliphatic carbocycles. The molecule has 0 rings (SSSR count). The summed E-state index contributed by atoms with van der Waals surface area (Å²) >= 11 is 0. The molecule has 0 heterocycles. The average Bonchev–Trinajstić information content (AvgIpc) is 2.24. The molecule has 6 heteroatoms. The van der Waals surface area contributed by atoms with Gasteiger partial charge in [-0.1, -0.05) is 5.17 Å². The van der Waals surface area contributed by atoms with Gasteiger partial charge in [0.15, 0.2) is 0 Å². The van der Waals surface area contributed by atoms with Gasteiger partial charge in [-0.3, -0.25) is 14.5 Å². The van der Waals surface area contributed by atoms with Crippen LogP contribution in [0.3, 0.4) is 0 Å². The van der Waals surface area contributed by atoms with Gasteiger partial charge in [0, 0.05) is 11.9 Å². The van der Waals surface area contributed by atoms with Gasteiger partial charge in [-0.25, -0.2) is 0 Å². The largest absolute Gasteiger partial charge is 0.330 e. The molecule has 0 aliphatic heterocycles. The van der Waals surface area contributed by atoms with E-state index in [1.807, 2.05) is 20.8 Å². The number of nitrogens with zero attached hydrogens (tertiary/aromatic N) is 2. The summed E-state index contributed by atoms with van der Waals surface area (Å²) < 4.78 is 0. The molecule has 6 nitrogen and oxygen atoms in total. The van der Waals surface area contributed by atoms with Gasteiger partial charge in [0.05, 0.1) is 19.8 Å². The van der Waals surface area contributed by atoms with Crippen molar-refractivity contribution >= 4 is 0 Å². The third-order valence-corrected chi connectivity index (χ3v) is 1.49. The summed E-state index contributed by atoms with van der Waals surface area (Å²) in [6.07, 6.45) is 0.816. The van der Waals surface area contributed by atoms with Crippen LogP contribution in [-0.4, -0.2) is 43.4 Å². The Morgan fingerprint density at radius 3 is 1.87 bits per heavy atom. The van der Waals surface area contributed by atoms with Crippen molar-refractivity contribution in [2.75, 3.05) is 32.9 Å². The number of nitrogens with two attached hydrogens (primary N) is 1. The molecule has 0 aromatic carbocycles. The molecule has 0 radical (unpaired) electrons. The molecule has 0 saturated heterocycles. The van der Waals surface area contributed by atoms with Crippen LogP contribution in [-0.2, 0) is 14.5 Å². The van der Waals surface area contributed by atoms with Crippen LogP contribution in [0.5, 0.6) is 0 Å². The molecule has 0 saturated carbocycles. The van der Waals surface area contributed by atoms with E-state index in [2.05, 4.69) is 0 Å². The van der Waals surface area contributed by atoms with Gasteiger partial charge in [-0.15, -0.1) is 0 Å². The van der Waals surface area contributed by atoms with Crippen molar-refractivity contribution in [2.45, 2.75) is 27.2 Å². The summed E-state index contributed by atoms with van der Waals surface area (Å²) in [5.74, 6) is 0. The minimum absolute atomic E-state index is 0.520. The van der Waals surface area contributed by atoms with E-state index in [9.17, 15) is 0 Å². The number of hydrogen-bond donors (Lipinski definition) is 1. The Bertz CT molecular complexity index is 132. The quantitative estimate of drug-likeness (QED) is 0.548. The van der Waals surface area contributed by atoms with Crippen LogP contribution in [0.2, 0.25) is 0 Å². The van der Waals surface area contributed by atoms with Gasteiger partial charge < -0.3 is 5.73 Å². The molecule has 0 fully saturated rings. The molecule has 0 aliphatic rings. The highest BCUT2D eigenvalue weighted by atomic mass is 17.0. The van der Waals surface area contributed by atoms with Crippen molar-refractivity contribution in [3.8, 4) is 0 Å². The standard InChI is InChI=1S/C9H23N3O3/c1-4-13-11(9-7-8-10)12(14-5-2)15-6-3/h4-10H2,1-3H3. The van der Waals surface area contributed by atoms with Gasteiger partial charge in [-0.05, 0) is 33.7 Å². The van der Waals surface area contributed by atoms with E-state index < -0.39 is 0 Å². The predicted octanol–water partition coefficient (Wildman–Crippen LogP) is 0.709. The topological polar surface area (TPSA) is 60.2 Å². The molecule has 0 spiro atoms. The number of rotatable bonds is 10. The highest BCUT2D eigenvalue weighted by molar-refractivity contribution is 4.39. The fourth-order valence-corrected chi connectivity index (χ4v) is 0.956. The molecule has 0 unspecified atom stereocenters. The fraction of sp³-hybridized carbons (Fsp3) is 1.00. The van der Waals surface area contributed by atoms with Crippen molar-refractivity contribution in [1.29, 1.82) is 0 Å². The van der Waals surface area contributed by atoms with E-state index in [0.29, 0.717) is 32.9 Å². The highest BCUT2D eigenvalue weighted by Gasteiger charge is 2.16. The first-order valence-electron chi connectivity index (χ1n) is 5.46. The third kappa shape index (κ3) is 6.77. The molecule has 15 heavy (non-hydrogen) atoms. The van der Waals surface area contributed by atoms with E-state index in [-0.39, 0.29) is 0 Å². The molecule has 0 aromatic rings. The summed E-state index contributed by atoms with van der Waals surface area (Å²) in [5, 5.41) is 2.82. The average molecular weight is 221 g/mol. The van der Waals surface area contributed by atoms with Gasteiger partial charge in [0.25, 0.3) is 0 Å². The molecule has 0 bridgehead atoms. The van der Waals surface area contributed by atoms with Gasteiger partial charge >= 0.3 is 0 Å². The van der Waals surface area contributed by atoms with Crippen molar-refractivity contribution in [3.05, 3.63) is 0 Å². The van der Waals surface area contributed by atoms with E-state index in [1.54, 1.807) is 5.17 Å². The maximum atomic E-state index is 5.44. The van der Waals surface area contributed by atoms with Crippen LogP contribution in [0.15, 0.2) is 0 Å². The molecule has 0 amide bonds. The van der Waals surface area contributed by atoms with Crippen molar-refractivity contribution in [1.82, 2.24) is 10.5 Å². The second-order valence-electron chi connectivity index (χ2n) is 2.71. The third-order valence-electron chi connectivity index (χ3n) is 1.49. The Balaban J connectivity index is 4.09. The smallest absolute Gasteiger partial charge is 0.0699 e. The Labute approximate surface area is 91.7 Å². The van der Waals surface area contributed by atoms with E-state index in [0.717, 1.165) is 6.42 Å². The van der Waals surface area contributed by atoms with Gasteiger partial charge in [-0.2, -0.15) is 0 Å². The molecule has 92 valence electrons. The summed E-state index contributed by atoms with van der Waals surface area (Å²) in [6, 6.07) is 0. The van der Waals surface area contributed by atoms with E-state index in [4.69, 9.17) is 20.2 Å². The molecular weight excluding hydrogens is 198 g/mol. The summed E-state index contributed by atoms with van der Waals surface area (Å²) in [7, 11) is 0. The van der Waals surface area contributed by atoms with Crippen LogP contribution in [0.4, 0.5) is 0 Å². The van der Waals surface area contributed by atoms with Crippen LogP contribution < -0.4 is 5.73 Å². The monoisotopic (exact) mass is 221 g/mol. The molecule has 0 atom stereocenters. The summed E-state index contributed by atoms with van der Waals surface area (Å²) in [4.78, 5) is 15.9. The van der Waals surface area contributed by atoms with Crippen molar-refractivity contribution < 1.29 is 14.5 Å². The summed E-state index contributed by atoms with van der Waals surface area (Å²) in [6.45, 7) is 8.53. The number of hydrogen-bond acceptors (Lipinski definition) is 6. The summed E-state index contributed by atoms with van der Waals surface area (Å²) in [5.41, 5.74) is 5.44. The van der Waals surface area contributed by atoms with Crippen LogP contribution in [0, 0.1) is 0 Å². The molecule has 2 N–H and O–H groups in total. The number of hydroxylamine groups is 1. The van der Waals surface area contributed by atoms with E-state index in [1.165, 1.54) is 5.34 Å². The first kappa shape index (κ1) is 14.8. The SMILES string of the molecule is CCON(CCCN)N(OCC)OCC. The Morgan fingerprint density at radius 2 is 1.47 bits per heavy atom. The second kappa shape index (κ2) is 10.3. The zero-order valence-corrected chi connectivity index (χ0v) is 9.94. The first-order chi connectivity index (χ1) is 7.29. The van der Waals surface area contributed by atoms with Gasteiger partial charge in [0.2, 0.25) is 0 Å². The lowest BCUT2D eigenvalue weighted by molar-refractivity contribution is -0.530. The normalized spacial score (nSPS) is 11.6. The van der Waals surface area contributed by atoms with Gasteiger partial charge in [0.1, 0.15) is 0 Å². The van der Waals surface area contributed by atoms with E-state index >= 15 is 0 Å². The van der Waals surface area contributed by atoms with Crippen LogP contribution in [0.25, 0.3) is 0 Å². The Morgan fingerprint density at radius 1 is 0.933 bits per heavy atom. The molecular formula is C9H23N3O3. The fourth-order valence-electron chi connectivity index (χ4n) is 0.956. The molecule has 0 aromatic heterocycles. The number of hydrazine groups is 1. The maximum Gasteiger partial charge on any atom is 0.0699 e. The van der Waals surface area contributed by atoms with Crippen molar-refractivity contribution in [3.63, 3.8) is 0 Å². The lowest BCUT2D eigenvalue weighted by atomic mass is 10.4. The zero-order chi connectivity index (χ0) is 11.5. The maximum absolute atomic E-state index is 5.44. The van der Waals surface area contributed by atoms with Crippen LogP contribution in [0.1, 0.15) is 27.2 Å². The predicted molar refractivity (Wildman–Crippen MR) is 57.1 cm³/mol. The van der Waals surface area contributed by atoms with Crippen molar-refractivity contribution in [2.24, 2.45) is 5.73 Å². The lowest BCUT2D eigenvalue weighted by Crippen LogP contribution is -2.43. The van der Waals surface area contributed by atoms with Crippen LogP contribution >= 0.6 is 0 Å². The highest BCUT2D eigenvalue weighted by Crippen LogP contribution is 2.03. The second-order valence-corrected chi connectivity index (χ2v) is 2.71. The Kier molecular flexibility index (Phi) is 10.1. The lowest BCUT2D eigenvalue weighted by Gasteiger charge is -2.29. The first-order valence-corrected chi connectivity index (χ1v) is 5.46. The minimum atomic E-state index is 0.520. The zero-order valence-electron chi connectivity index (χ0n) is 9.94.